The lowest BCUT2D eigenvalue weighted by molar-refractivity contribution is 0.271. The lowest BCUT2D eigenvalue weighted by atomic mass is 10.1. The fourth-order valence-electron chi connectivity index (χ4n) is 1.42. The van der Waals surface area contributed by atoms with Gasteiger partial charge < -0.3 is 5.11 Å². The van der Waals surface area contributed by atoms with Gasteiger partial charge in [0.15, 0.2) is 5.82 Å². The van der Waals surface area contributed by atoms with Gasteiger partial charge in [0.25, 0.3) is 0 Å². The molecule has 1 heterocycles. The highest BCUT2D eigenvalue weighted by molar-refractivity contribution is 5.15. The van der Waals surface area contributed by atoms with Crippen molar-refractivity contribution in [3.05, 3.63) is 47.5 Å². The maximum Gasteiger partial charge on any atom is 0.151 e. The van der Waals surface area contributed by atoms with Crippen molar-refractivity contribution < 1.29 is 5.11 Å². The van der Waals surface area contributed by atoms with Crippen LogP contribution in [-0.4, -0.2) is 20.3 Å². The fourth-order valence-corrected chi connectivity index (χ4v) is 1.42. The summed E-state index contributed by atoms with van der Waals surface area (Å²) >= 11 is 0. The van der Waals surface area contributed by atoms with Crippen LogP contribution in [0.5, 0.6) is 0 Å². The number of aryl methyl sites for hydroxylation is 2. The van der Waals surface area contributed by atoms with Crippen LogP contribution in [0.3, 0.4) is 0 Å². The number of aliphatic hydroxyl groups is 1. The monoisotopic (exact) mass is 203 g/mol. The van der Waals surface area contributed by atoms with E-state index in [1.807, 2.05) is 18.2 Å². The summed E-state index contributed by atoms with van der Waals surface area (Å²) in [7, 11) is 0. The lowest BCUT2D eigenvalue weighted by Crippen LogP contribution is -1.93. The summed E-state index contributed by atoms with van der Waals surface area (Å²) in [5, 5.41) is 15.5. The van der Waals surface area contributed by atoms with Gasteiger partial charge in [0.05, 0.1) is 0 Å². The van der Waals surface area contributed by atoms with Gasteiger partial charge in [-0.05, 0) is 12.0 Å². The molecule has 0 aliphatic heterocycles. The molecule has 78 valence electrons. The minimum absolute atomic E-state index is 0.0850. The molecule has 0 fully saturated rings. The third kappa shape index (κ3) is 2.63. The highest BCUT2D eigenvalue weighted by Gasteiger charge is 2.01. The van der Waals surface area contributed by atoms with Crippen LogP contribution in [0.15, 0.2) is 30.3 Å². The second-order valence-electron chi connectivity index (χ2n) is 3.34. The van der Waals surface area contributed by atoms with Gasteiger partial charge in [-0.1, -0.05) is 30.3 Å². The van der Waals surface area contributed by atoms with Gasteiger partial charge in [0.2, 0.25) is 0 Å². The quantitative estimate of drug-likeness (QED) is 0.781. The molecule has 0 radical (unpaired) electrons. The van der Waals surface area contributed by atoms with E-state index in [1.54, 1.807) is 0 Å². The second-order valence-corrected chi connectivity index (χ2v) is 3.34. The van der Waals surface area contributed by atoms with Crippen molar-refractivity contribution in [1.29, 1.82) is 0 Å². The second kappa shape index (κ2) is 4.70. The Morgan fingerprint density at radius 3 is 2.60 bits per heavy atom. The van der Waals surface area contributed by atoms with Crippen molar-refractivity contribution in [3.63, 3.8) is 0 Å². The molecule has 0 amide bonds. The van der Waals surface area contributed by atoms with Gasteiger partial charge in [-0.2, -0.15) is 5.10 Å². The summed E-state index contributed by atoms with van der Waals surface area (Å²) in [6, 6.07) is 10.2. The van der Waals surface area contributed by atoms with E-state index in [1.165, 1.54) is 5.56 Å². The lowest BCUT2D eigenvalue weighted by Gasteiger charge is -1.96. The number of nitrogens with one attached hydrogen (secondary N) is 1. The summed E-state index contributed by atoms with van der Waals surface area (Å²) in [4.78, 5) is 4.13. The van der Waals surface area contributed by atoms with Crippen LogP contribution in [-0.2, 0) is 19.4 Å². The molecule has 2 N–H and O–H groups in total. The van der Waals surface area contributed by atoms with Crippen molar-refractivity contribution in [2.24, 2.45) is 0 Å². The number of hydrogen-bond donors (Lipinski definition) is 2. The molecular weight excluding hydrogens is 190 g/mol. The number of rotatable bonds is 4. The normalized spacial score (nSPS) is 10.5. The maximum absolute atomic E-state index is 8.80. The van der Waals surface area contributed by atoms with E-state index in [2.05, 4.69) is 27.3 Å². The molecule has 0 spiro atoms. The van der Waals surface area contributed by atoms with Gasteiger partial charge in [-0.15, -0.1) is 0 Å². The van der Waals surface area contributed by atoms with Crippen molar-refractivity contribution in [3.8, 4) is 0 Å². The number of aliphatic hydroxyl groups excluding tert-OH is 1. The highest BCUT2D eigenvalue weighted by atomic mass is 16.3. The topological polar surface area (TPSA) is 61.8 Å². The van der Waals surface area contributed by atoms with Crippen LogP contribution < -0.4 is 0 Å². The first-order chi connectivity index (χ1) is 7.38. The highest BCUT2D eigenvalue weighted by Crippen LogP contribution is 2.03. The number of aromatic amines is 1. The maximum atomic E-state index is 8.80. The van der Waals surface area contributed by atoms with Crippen LogP contribution in [0, 0.1) is 0 Å². The number of nitrogens with zero attached hydrogens (tertiary/aromatic N) is 2. The number of aromatic nitrogens is 3. The Morgan fingerprint density at radius 2 is 1.93 bits per heavy atom. The Kier molecular flexibility index (Phi) is 3.09. The average molecular weight is 203 g/mol. The Hall–Kier alpha value is -1.68. The Labute approximate surface area is 88.0 Å². The molecule has 0 unspecified atom stereocenters. The van der Waals surface area contributed by atoms with E-state index in [9.17, 15) is 0 Å². The van der Waals surface area contributed by atoms with Crippen molar-refractivity contribution >= 4 is 0 Å². The molecule has 2 aromatic rings. The first-order valence-electron chi connectivity index (χ1n) is 4.93. The molecule has 0 atom stereocenters. The van der Waals surface area contributed by atoms with Gasteiger partial charge in [0, 0.05) is 6.42 Å². The van der Waals surface area contributed by atoms with Gasteiger partial charge >= 0.3 is 0 Å². The molecule has 4 nitrogen and oxygen atoms in total. The largest absolute Gasteiger partial charge is 0.388 e. The predicted molar refractivity (Wildman–Crippen MR) is 56.2 cm³/mol. The zero-order valence-electron chi connectivity index (χ0n) is 8.35. The molecule has 0 saturated carbocycles. The molecule has 0 aliphatic carbocycles. The zero-order valence-corrected chi connectivity index (χ0v) is 8.35. The van der Waals surface area contributed by atoms with Gasteiger partial charge in [-0.25, -0.2) is 4.98 Å². The van der Waals surface area contributed by atoms with E-state index >= 15 is 0 Å². The molecule has 0 aliphatic rings. The fraction of sp³-hybridized carbons (Fsp3) is 0.273. The minimum atomic E-state index is -0.0850. The van der Waals surface area contributed by atoms with E-state index < -0.39 is 0 Å². The molecule has 1 aromatic heterocycles. The Morgan fingerprint density at radius 1 is 1.13 bits per heavy atom. The summed E-state index contributed by atoms with van der Waals surface area (Å²) in [5.41, 5.74) is 1.27. The van der Waals surface area contributed by atoms with Gasteiger partial charge in [-0.3, -0.25) is 5.10 Å². The third-order valence-corrected chi connectivity index (χ3v) is 2.21. The average Bonchev–Trinajstić information content (AvgIpc) is 2.76. The van der Waals surface area contributed by atoms with E-state index in [-0.39, 0.29) is 6.61 Å². The molecule has 15 heavy (non-hydrogen) atoms. The van der Waals surface area contributed by atoms with Crippen LogP contribution in [0.2, 0.25) is 0 Å². The number of hydrogen-bond acceptors (Lipinski definition) is 3. The molecule has 4 heteroatoms. The van der Waals surface area contributed by atoms with E-state index in [0.29, 0.717) is 5.82 Å². The number of benzene rings is 1. The smallest absolute Gasteiger partial charge is 0.151 e. The SMILES string of the molecule is OCc1nc(CCc2ccccc2)n[nH]1. The van der Waals surface area contributed by atoms with Crippen molar-refractivity contribution in [2.75, 3.05) is 0 Å². The van der Waals surface area contributed by atoms with Crippen LogP contribution >= 0.6 is 0 Å². The zero-order chi connectivity index (χ0) is 10.5. The summed E-state index contributed by atoms with van der Waals surface area (Å²) in [5.74, 6) is 1.28. The first kappa shape index (κ1) is 9.86. The molecule has 0 saturated heterocycles. The number of H-pyrrole nitrogens is 1. The summed E-state index contributed by atoms with van der Waals surface area (Å²) < 4.78 is 0. The molecule has 0 bridgehead atoms. The molecular formula is C11H13N3O. The summed E-state index contributed by atoms with van der Waals surface area (Å²) in [6.07, 6.45) is 1.71. The van der Waals surface area contributed by atoms with Crippen molar-refractivity contribution in [1.82, 2.24) is 15.2 Å². The van der Waals surface area contributed by atoms with Crippen LogP contribution in [0.25, 0.3) is 0 Å². The van der Waals surface area contributed by atoms with E-state index in [4.69, 9.17) is 5.11 Å². The standard InChI is InChI=1S/C11H13N3O/c15-8-11-12-10(13-14-11)7-6-9-4-2-1-3-5-9/h1-5,15H,6-8H2,(H,12,13,14). The molecule has 1 aromatic carbocycles. The Bertz CT molecular complexity index is 411. The minimum Gasteiger partial charge on any atom is -0.388 e. The van der Waals surface area contributed by atoms with Gasteiger partial charge in [0.1, 0.15) is 12.4 Å². The summed E-state index contributed by atoms with van der Waals surface area (Å²) in [6.45, 7) is -0.0850. The molecule has 2 rings (SSSR count). The predicted octanol–water partition coefficient (Wildman–Crippen LogP) is 1.08. The third-order valence-electron chi connectivity index (χ3n) is 2.21. The van der Waals surface area contributed by atoms with Crippen LogP contribution in [0.4, 0.5) is 0 Å². The van der Waals surface area contributed by atoms with E-state index in [0.717, 1.165) is 18.7 Å². The van der Waals surface area contributed by atoms with Crippen molar-refractivity contribution in [2.45, 2.75) is 19.4 Å². The first-order valence-corrected chi connectivity index (χ1v) is 4.93. The van der Waals surface area contributed by atoms with Crippen LogP contribution in [0.1, 0.15) is 17.2 Å². The Balaban J connectivity index is 1.93.